The number of hydrogen-bond acceptors (Lipinski definition) is 7. The third-order valence-electron chi connectivity index (χ3n) is 11.4. The highest BCUT2D eigenvalue weighted by Crippen LogP contribution is 2.43. The summed E-state index contributed by atoms with van der Waals surface area (Å²) in [5.74, 6) is 1.69. The largest absolute Gasteiger partial charge is 0.256 e. The highest BCUT2D eigenvalue weighted by Gasteiger charge is 2.20. The van der Waals surface area contributed by atoms with E-state index in [-0.39, 0.29) is 0 Å². The fourth-order valence-electron chi connectivity index (χ4n) is 8.63. The lowest BCUT2D eigenvalue weighted by atomic mass is 9.88. The highest BCUT2D eigenvalue weighted by atomic mass is 15.0. The molecule has 0 aliphatic carbocycles. The van der Waals surface area contributed by atoms with Crippen LogP contribution in [-0.4, -0.2) is 34.9 Å². The normalized spacial score (nSPS) is 11.7. The smallest absolute Gasteiger partial charge is 0.164 e. The predicted octanol–water partition coefficient (Wildman–Crippen LogP) is 12.7. The van der Waals surface area contributed by atoms with E-state index in [4.69, 9.17) is 24.9 Å². The first-order chi connectivity index (χ1) is 29.7. The van der Waals surface area contributed by atoms with Gasteiger partial charge in [-0.15, -0.1) is 0 Å². The monoisotopic (exact) mass is 765 g/mol. The van der Waals surface area contributed by atoms with Crippen molar-refractivity contribution >= 4 is 65.2 Å². The fraction of sp³-hybridized carbons (Fsp3) is 0. The summed E-state index contributed by atoms with van der Waals surface area (Å²) in [5, 5.41) is 8.65. The Morgan fingerprint density at radius 3 is 1.13 bits per heavy atom. The second-order valence-electron chi connectivity index (χ2n) is 15.0. The van der Waals surface area contributed by atoms with E-state index in [0.717, 1.165) is 104 Å². The van der Waals surface area contributed by atoms with Crippen LogP contribution >= 0.6 is 0 Å². The summed E-state index contributed by atoms with van der Waals surface area (Å²) >= 11 is 0. The van der Waals surface area contributed by atoms with E-state index in [9.17, 15) is 0 Å². The van der Waals surface area contributed by atoms with E-state index < -0.39 is 0 Å². The third kappa shape index (κ3) is 5.71. The first kappa shape index (κ1) is 33.8. The van der Waals surface area contributed by atoms with Crippen molar-refractivity contribution < 1.29 is 0 Å². The summed E-state index contributed by atoms with van der Waals surface area (Å²) in [4.78, 5) is 34.6. The number of nitrogens with zero attached hydrogens (tertiary/aromatic N) is 7. The molecule has 0 saturated heterocycles. The summed E-state index contributed by atoms with van der Waals surface area (Å²) in [6.07, 6.45) is 7.34. The fourth-order valence-corrected chi connectivity index (χ4v) is 8.63. The maximum Gasteiger partial charge on any atom is 0.164 e. The molecular weight excluding hydrogens is 735 g/mol. The summed E-state index contributed by atoms with van der Waals surface area (Å²) in [6, 6.07) is 56.9. The van der Waals surface area contributed by atoms with Gasteiger partial charge in [0, 0.05) is 63.0 Å². The Balaban J connectivity index is 1.18. The zero-order chi connectivity index (χ0) is 39.6. The molecule has 0 aliphatic heterocycles. The topological polar surface area (TPSA) is 90.2 Å². The van der Waals surface area contributed by atoms with Gasteiger partial charge in [0.15, 0.2) is 17.5 Å². The Bertz CT molecular complexity index is 3350. The Hall–Kier alpha value is -8.29. The van der Waals surface area contributed by atoms with Crippen LogP contribution in [0.3, 0.4) is 0 Å². The molecule has 0 radical (unpaired) electrons. The lowest BCUT2D eigenvalue weighted by molar-refractivity contribution is 1.07. The first-order valence-electron chi connectivity index (χ1n) is 19.9. The number of aromatic nitrogens is 7. The van der Waals surface area contributed by atoms with Gasteiger partial charge in [-0.3, -0.25) is 19.9 Å². The van der Waals surface area contributed by atoms with Gasteiger partial charge in [-0.25, -0.2) is 15.0 Å². The van der Waals surface area contributed by atoms with Gasteiger partial charge in [-0.2, -0.15) is 0 Å². The lowest BCUT2D eigenvalue weighted by Crippen LogP contribution is -2.01. The van der Waals surface area contributed by atoms with Crippen molar-refractivity contribution in [2.45, 2.75) is 0 Å². The van der Waals surface area contributed by atoms with Crippen molar-refractivity contribution in [2.24, 2.45) is 0 Å². The van der Waals surface area contributed by atoms with Crippen LogP contribution < -0.4 is 0 Å². The SMILES string of the molecule is c1cnc2ccc(-c3nc(-c4cc(-c5c6ccccc6cc6ncccc56)cc(-c5c6ccccc6cc6ncccc56)c4)nc(-c4ccc5ncccc5c4)n3)cc2c1. The van der Waals surface area contributed by atoms with E-state index in [1.807, 2.05) is 73.3 Å². The molecule has 0 fully saturated rings. The van der Waals surface area contributed by atoms with Gasteiger partial charge in [0.25, 0.3) is 0 Å². The van der Waals surface area contributed by atoms with Crippen LogP contribution in [0, 0.1) is 0 Å². The zero-order valence-corrected chi connectivity index (χ0v) is 32.0. The van der Waals surface area contributed by atoms with Crippen LogP contribution in [-0.2, 0) is 0 Å². The van der Waals surface area contributed by atoms with Crippen LogP contribution in [0.4, 0.5) is 0 Å². The van der Waals surface area contributed by atoms with Gasteiger partial charge in [-0.1, -0.05) is 72.8 Å². The van der Waals surface area contributed by atoms with Crippen LogP contribution in [0.1, 0.15) is 0 Å². The van der Waals surface area contributed by atoms with E-state index >= 15 is 0 Å². The van der Waals surface area contributed by atoms with Crippen molar-refractivity contribution in [3.63, 3.8) is 0 Å². The number of fused-ring (bicyclic) bond motifs is 6. The standard InChI is InChI=1S/C53H31N7/c1-3-13-41-32(9-1)30-47-43(15-7-23-56-47)49(41)38-27-39(50-42-14-4-2-10-33(42)31-48-44(50)16-8-24-57-48)29-40(28-38)53-59-51(36-17-19-45-34(25-36)11-5-21-54-45)58-52(60-53)37-18-20-46-35(26-37)12-6-22-55-46/h1-31H. The molecule has 0 bridgehead atoms. The van der Waals surface area contributed by atoms with Crippen molar-refractivity contribution in [3.8, 4) is 56.4 Å². The van der Waals surface area contributed by atoms with Gasteiger partial charge in [0.05, 0.1) is 22.1 Å². The quantitative estimate of drug-likeness (QED) is 0.161. The van der Waals surface area contributed by atoms with Gasteiger partial charge in [-0.05, 0) is 135 Å². The van der Waals surface area contributed by atoms with Gasteiger partial charge in [0.1, 0.15) is 0 Å². The minimum absolute atomic E-state index is 0.556. The van der Waals surface area contributed by atoms with E-state index in [0.29, 0.717) is 17.5 Å². The van der Waals surface area contributed by atoms with Gasteiger partial charge >= 0.3 is 0 Å². The Morgan fingerprint density at radius 2 is 0.633 bits per heavy atom. The van der Waals surface area contributed by atoms with Crippen LogP contribution in [0.25, 0.3) is 122 Å². The molecule has 7 aromatic carbocycles. The van der Waals surface area contributed by atoms with E-state index in [1.54, 1.807) is 0 Å². The van der Waals surface area contributed by atoms with Gasteiger partial charge < -0.3 is 0 Å². The Labute approximate surface area is 343 Å². The second-order valence-corrected chi connectivity index (χ2v) is 15.0. The molecule has 0 saturated carbocycles. The molecule has 7 nitrogen and oxygen atoms in total. The molecule has 0 N–H and O–H groups in total. The number of pyridine rings is 4. The first-order valence-corrected chi connectivity index (χ1v) is 19.9. The third-order valence-corrected chi connectivity index (χ3v) is 11.4. The van der Waals surface area contributed by atoms with E-state index in [2.05, 4.69) is 125 Å². The van der Waals surface area contributed by atoms with Crippen LogP contribution in [0.5, 0.6) is 0 Å². The van der Waals surface area contributed by atoms with Crippen molar-refractivity contribution in [3.05, 3.63) is 189 Å². The molecule has 0 amide bonds. The zero-order valence-electron chi connectivity index (χ0n) is 32.0. The summed E-state index contributed by atoms with van der Waals surface area (Å²) in [6.45, 7) is 0. The summed E-state index contributed by atoms with van der Waals surface area (Å²) in [5.41, 5.74) is 10.5. The molecule has 5 aromatic heterocycles. The molecule has 7 heteroatoms. The molecule has 278 valence electrons. The molecule has 12 aromatic rings. The number of rotatable bonds is 5. The van der Waals surface area contributed by atoms with Crippen LogP contribution in [0.15, 0.2) is 189 Å². The minimum Gasteiger partial charge on any atom is -0.256 e. The van der Waals surface area contributed by atoms with Crippen molar-refractivity contribution in [2.75, 3.05) is 0 Å². The summed E-state index contributed by atoms with van der Waals surface area (Å²) < 4.78 is 0. The summed E-state index contributed by atoms with van der Waals surface area (Å²) in [7, 11) is 0. The minimum atomic E-state index is 0.556. The molecule has 5 heterocycles. The number of hydrogen-bond donors (Lipinski definition) is 0. The van der Waals surface area contributed by atoms with Crippen molar-refractivity contribution in [1.29, 1.82) is 0 Å². The maximum atomic E-state index is 5.31. The molecule has 0 atom stereocenters. The van der Waals surface area contributed by atoms with Crippen LogP contribution in [0.2, 0.25) is 0 Å². The highest BCUT2D eigenvalue weighted by molar-refractivity contribution is 6.15. The number of benzene rings is 7. The van der Waals surface area contributed by atoms with Gasteiger partial charge in [0.2, 0.25) is 0 Å². The average Bonchev–Trinajstić information content (AvgIpc) is 3.31. The second kappa shape index (κ2) is 13.7. The Kier molecular flexibility index (Phi) is 7.71. The van der Waals surface area contributed by atoms with E-state index in [1.165, 1.54) is 0 Å². The molecular formula is C53H31N7. The molecule has 0 aliphatic rings. The lowest BCUT2D eigenvalue weighted by Gasteiger charge is -2.17. The predicted molar refractivity (Wildman–Crippen MR) is 243 cm³/mol. The molecule has 60 heavy (non-hydrogen) atoms. The maximum absolute atomic E-state index is 5.31. The Morgan fingerprint density at radius 1 is 0.250 bits per heavy atom. The molecule has 0 unspecified atom stereocenters. The molecule has 12 rings (SSSR count). The van der Waals surface area contributed by atoms with Crippen molar-refractivity contribution in [1.82, 2.24) is 34.9 Å². The molecule has 0 spiro atoms. The average molecular weight is 766 g/mol.